The van der Waals surface area contributed by atoms with Crippen LogP contribution in [0.5, 0.6) is 0 Å². The minimum Gasteiger partial charge on any atom is -0.868 e. The molecule has 0 aromatic heterocycles. The number of carbonyl (C=O) groups excluding carboxylic acids is 2. The molecule has 1 N–H and O–H groups in total. The van der Waals surface area contributed by atoms with Gasteiger partial charge in [-0.15, -0.1) is 0 Å². The van der Waals surface area contributed by atoms with Crippen LogP contribution in [0.4, 0.5) is 5.69 Å². The van der Waals surface area contributed by atoms with Crippen molar-refractivity contribution in [2.75, 3.05) is 4.90 Å². The van der Waals surface area contributed by atoms with E-state index < -0.39 is 29.5 Å². The Kier molecular flexibility index (Phi) is 4.52. The molecular formula is C19H13ClNO5-. The third kappa shape index (κ3) is 2.95. The van der Waals surface area contributed by atoms with Gasteiger partial charge in [-0.3, -0.25) is 14.5 Å². The standard InChI is InChI=1S/C19H14ClNO5/c1-10(22)15-16(11-2-6-13(20)7-3-11)21(18(24)17(15)23)14-8-4-12(5-9-14)19(25)26/h2-9,16,23H,1H3,(H,25,26)/p-1/t16-/m0/s1. The van der Waals surface area contributed by atoms with Crippen LogP contribution in [0, 0.1) is 0 Å². The van der Waals surface area contributed by atoms with Crippen molar-refractivity contribution in [1.29, 1.82) is 0 Å². The molecule has 3 rings (SSSR count). The Morgan fingerprint density at radius 2 is 1.65 bits per heavy atom. The quantitative estimate of drug-likeness (QED) is 0.890. The number of hydrogen-bond acceptors (Lipinski definition) is 4. The fourth-order valence-corrected chi connectivity index (χ4v) is 3.07. The van der Waals surface area contributed by atoms with E-state index in [-0.39, 0.29) is 11.1 Å². The molecule has 1 atom stereocenters. The van der Waals surface area contributed by atoms with Crippen molar-refractivity contribution in [3.8, 4) is 0 Å². The predicted molar refractivity (Wildman–Crippen MR) is 92.8 cm³/mol. The summed E-state index contributed by atoms with van der Waals surface area (Å²) >= 11 is 5.90. The number of aromatic carboxylic acids is 1. The first kappa shape index (κ1) is 17.7. The number of ketones is 1. The normalized spacial score (nSPS) is 16.9. The second-order valence-electron chi connectivity index (χ2n) is 5.78. The lowest BCUT2D eigenvalue weighted by molar-refractivity contribution is -0.298. The van der Waals surface area contributed by atoms with Crippen molar-refractivity contribution in [2.45, 2.75) is 13.0 Å². The number of nitrogens with zero attached hydrogens (tertiary/aromatic N) is 1. The minimum atomic E-state index is -1.11. The molecule has 2 aromatic rings. The van der Waals surface area contributed by atoms with Gasteiger partial charge in [0.2, 0.25) is 5.91 Å². The molecule has 1 aliphatic rings. The summed E-state index contributed by atoms with van der Waals surface area (Å²) in [5, 5.41) is 21.9. The Labute approximate surface area is 153 Å². The van der Waals surface area contributed by atoms with E-state index in [2.05, 4.69) is 0 Å². The van der Waals surface area contributed by atoms with Gasteiger partial charge in [-0.05, 0) is 54.6 Å². The van der Waals surface area contributed by atoms with E-state index >= 15 is 0 Å². The zero-order valence-electron chi connectivity index (χ0n) is 13.6. The highest BCUT2D eigenvalue weighted by Crippen LogP contribution is 2.40. The topological polar surface area (TPSA) is 97.7 Å². The number of halogens is 1. The highest BCUT2D eigenvalue weighted by Gasteiger charge is 2.38. The van der Waals surface area contributed by atoms with Crippen molar-refractivity contribution in [2.24, 2.45) is 0 Å². The van der Waals surface area contributed by atoms with Gasteiger partial charge < -0.3 is 10.2 Å². The van der Waals surface area contributed by atoms with E-state index in [0.29, 0.717) is 16.3 Å². The Bertz CT molecular complexity index is 931. The van der Waals surface area contributed by atoms with E-state index in [1.807, 2.05) is 0 Å². The lowest BCUT2D eigenvalue weighted by Crippen LogP contribution is -2.32. The van der Waals surface area contributed by atoms with Gasteiger partial charge in [0.1, 0.15) is 0 Å². The summed E-state index contributed by atoms with van der Waals surface area (Å²) in [6, 6.07) is 11.1. The zero-order valence-corrected chi connectivity index (χ0v) is 14.4. The average Bonchev–Trinajstić information content (AvgIpc) is 2.87. The van der Waals surface area contributed by atoms with Gasteiger partial charge in [-0.2, -0.15) is 0 Å². The average molecular weight is 371 g/mol. The van der Waals surface area contributed by atoms with Crippen molar-refractivity contribution >= 4 is 34.9 Å². The van der Waals surface area contributed by atoms with Crippen LogP contribution in [0.1, 0.15) is 28.9 Å². The van der Waals surface area contributed by atoms with E-state index in [1.165, 1.54) is 36.1 Å². The largest absolute Gasteiger partial charge is 0.868 e. The summed E-state index contributed by atoms with van der Waals surface area (Å²) in [5.74, 6) is -3.29. The van der Waals surface area contributed by atoms with Crippen LogP contribution in [0.15, 0.2) is 59.9 Å². The maximum absolute atomic E-state index is 12.6. The van der Waals surface area contributed by atoms with Gasteiger partial charge in [0, 0.05) is 16.3 Å². The minimum absolute atomic E-state index is 0.0468. The van der Waals surface area contributed by atoms with Gasteiger partial charge in [0.25, 0.3) is 0 Å². The molecule has 1 heterocycles. The number of carbonyl (C=O) groups is 3. The molecule has 0 saturated carbocycles. The molecule has 1 amide bonds. The Morgan fingerprint density at radius 1 is 1.08 bits per heavy atom. The molecule has 26 heavy (non-hydrogen) atoms. The molecule has 0 spiro atoms. The number of carboxylic acid groups (broad SMARTS) is 1. The van der Waals surface area contributed by atoms with Crippen molar-refractivity contribution < 1.29 is 24.6 Å². The Balaban J connectivity index is 2.13. The number of carboxylic acids is 1. The first-order valence-corrected chi connectivity index (χ1v) is 8.03. The van der Waals surface area contributed by atoms with Crippen molar-refractivity contribution in [1.82, 2.24) is 0 Å². The number of amides is 1. The Morgan fingerprint density at radius 3 is 2.15 bits per heavy atom. The summed E-state index contributed by atoms with van der Waals surface area (Å²) in [4.78, 5) is 36.8. The van der Waals surface area contributed by atoms with Gasteiger partial charge in [-0.1, -0.05) is 23.7 Å². The molecule has 0 unspecified atom stereocenters. The van der Waals surface area contributed by atoms with Crippen molar-refractivity contribution in [3.63, 3.8) is 0 Å². The fraction of sp³-hybridized carbons (Fsp3) is 0.105. The first-order chi connectivity index (χ1) is 12.3. The lowest BCUT2D eigenvalue weighted by Gasteiger charge is -2.27. The maximum Gasteiger partial charge on any atom is 0.335 e. The predicted octanol–water partition coefficient (Wildman–Crippen LogP) is 2.33. The summed E-state index contributed by atoms with van der Waals surface area (Å²) in [6.45, 7) is 1.24. The molecule has 7 heteroatoms. The second-order valence-corrected chi connectivity index (χ2v) is 6.22. The smallest absolute Gasteiger partial charge is 0.335 e. The van der Waals surface area contributed by atoms with E-state index in [4.69, 9.17) is 16.7 Å². The van der Waals surface area contributed by atoms with Crippen LogP contribution in [0.2, 0.25) is 5.02 Å². The lowest BCUT2D eigenvalue weighted by atomic mass is 9.96. The van der Waals surface area contributed by atoms with Gasteiger partial charge in [0.05, 0.1) is 11.6 Å². The molecular weight excluding hydrogens is 358 g/mol. The molecule has 0 saturated heterocycles. The summed E-state index contributed by atoms with van der Waals surface area (Å²) in [5.41, 5.74) is 0.802. The molecule has 2 aromatic carbocycles. The number of hydrogen-bond donors (Lipinski definition) is 1. The Hall–Kier alpha value is -3.12. The van der Waals surface area contributed by atoms with Crippen LogP contribution in [-0.2, 0) is 9.59 Å². The molecule has 0 aliphatic carbocycles. The fourth-order valence-electron chi connectivity index (χ4n) is 2.94. The van der Waals surface area contributed by atoms with Crippen LogP contribution in [-0.4, -0.2) is 22.8 Å². The molecule has 0 bridgehead atoms. The van der Waals surface area contributed by atoms with Crippen LogP contribution in [0.3, 0.4) is 0 Å². The van der Waals surface area contributed by atoms with E-state index in [0.717, 1.165) is 0 Å². The molecule has 1 aliphatic heterocycles. The van der Waals surface area contributed by atoms with E-state index in [1.54, 1.807) is 24.3 Å². The summed E-state index contributed by atoms with van der Waals surface area (Å²) in [7, 11) is 0. The second kappa shape index (κ2) is 6.65. The van der Waals surface area contributed by atoms with Crippen LogP contribution >= 0.6 is 11.6 Å². The SMILES string of the molecule is CC(=O)C1=C([O-])C(=O)N(c2ccc(C(=O)O)cc2)[C@H]1c1ccc(Cl)cc1. The van der Waals surface area contributed by atoms with Gasteiger partial charge in [-0.25, -0.2) is 4.79 Å². The highest BCUT2D eigenvalue weighted by atomic mass is 35.5. The molecule has 132 valence electrons. The third-order valence-corrected chi connectivity index (χ3v) is 4.40. The zero-order chi connectivity index (χ0) is 19.0. The monoisotopic (exact) mass is 370 g/mol. The number of anilines is 1. The van der Waals surface area contributed by atoms with E-state index in [9.17, 15) is 19.5 Å². The molecule has 0 fully saturated rings. The van der Waals surface area contributed by atoms with Crippen LogP contribution in [0.25, 0.3) is 0 Å². The van der Waals surface area contributed by atoms with Gasteiger partial charge >= 0.3 is 5.97 Å². The highest BCUT2D eigenvalue weighted by molar-refractivity contribution is 6.30. The maximum atomic E-state index is 12.6. The summed E-state index contributed by atoms with van der Waals surface area (Å²) in [6.07, 6.45) is 0. The van der Waals surface area contributed by atoms with Crippen LogP contribution < -0.4 is 10.0 Å². The number of benzene rings is 2. The number of Topliss-reactive ketones (excluding diaryl/α,β-unsaturated/α-hetero) is 1. The first-order valence-electron chi connectivity index (χ1n) is 7.65. The van der Waals surface area contributed by atoms with Crippen molar-refractivity contribution in [3.05, 3.63) is 76.0 Å². The third-order valence-electron chi connectivity index (χ3n) is 4.15. The summed E-state index contributed by atoms with van der Waals surface area (Å²) < 4.78 is 0. The molecule has 6 nitrogen and oxygen atoms in total. The van der Waals surface area contributed by atoms with Gasteiger partial charge in [0.15, 0.2) is 5.78 Å². The number of rotatable bonds is 4. The molecule has 0 radical (unpaired) electrons.